The molecule has 0 radical (unpaired) electrons. The van der Waals surface area contributed by atoms with Gasteiger partial charge in [0.2, 0.25) is 0 Å². The maximum atomic E-state index is 12.4. The van der Waals surface area contributed by atoms with Crippen LogP contribution in [0.2, 0.25) is 0 Å². The first kappa shape index (κ1) is 31.4. The Morgan fingerprint density at radius 2 is 1.41 bits per heavy atom. The smallest absolute Gasteiger partial charge is 0.481 e. The topological polar surface area (TPSA) is 152 Å². The molecule has 11 nitrogen and oxygen atoms in total. The molecule has 1 rings (SSSR count). The van der Waals surface area contributed by atoms with Crippen LogP contribution in [0.1, 0.15) is 52.2 Å². The summed E-state index contributed by atoms with van der Waals surface area (Å²) in [6.45, 7) is 7.37. The molecule has 1 aromatic carbocycles. The van der Waals surface area contributed by atoms with Gasteiger partial charge >= 0.3 is 30.0 Å². The van der Waals surface area contributed by atoms with E-state index in [1.807, 2.05) is 20.8 Å². The zero-order chi connectivity index (χ0) is 28.2. The molecule has 0 aliphatic heterocycles. The van der Waals surface area contributed by atoms with E-state index in [2.05, 4.69) is 4.74 Å². The highest BCUT2D eigenvalue weighted by Crippen LogP contribution is 2.22. The second-order valence-corrected chi connectivity index (χ2v) is 10.2. The number of carbonyl (C=O) groups is 5. The molecule has 0 aromatic heterocycles. The summed E-state index contributed by atoms with van der Waals surface area (Å²) >= 11 is 0. The third-order valence-corrected chi connectivity index (χ3v) is 4.92. The molecule has 1 aromatic rings. The van der Waals surface area contributed by atoms with Crippen molar-refractivity contribution in [3.63, 3.8) is 0 Å². The fraction of sp³-hybridized carbons (Fsp3) is 0.577. The normalized spacial score (nSPS) is 13.5. The summed E-state index contributed by atoms with van der Waals surface area (Å²) in [6.07, 6.45) is -1.69. The molecule has 2 unspecified atom stereocenters. The van der Waals surface area contributed by atoms with Gasteiger partial charge in [0.25, 0.3) is 0 Å². The second kappa shape index (κ2) is 14.2. The lowest BCUT2D eigenvalue weighted by molar-refractivity contribution is -0.166. The molecule has 206 valence electrons. The van der Waals surface area contributed by atoms with Gasteiger partial charge in [-0.3, -0.25) is 19.2 Å². The summed E-state index contributed by atoms with van der Waals surface area (Å²) in [7, 11) is 1.16. The summed E-state index contributed by atoms with van der Waals surface area (Å²) < 4.78 is 24.5. The van der Waals surface area contributed by atoms with Crippen molar-refractivity contribution in [1.29, 1.82) is 0 Å². The Bertz CT molecular complexity index is 964. The van der Waals surface area contributed by atoms with Crippen molar-refractivity contribution in [2.24, 2.45) is 10.8 Å². The van der Waals surface area contributed by atoms with Crippen molar-refractivity contribution in [2.75, 3.05) is 26.9 Å². The highest BCUT2D eigenvalue weighted by molar-refractivity contribution is 5.77. The molecule has 0 bridgehead atoms. The molecule has 37 heavy (non-hydrogen) atoms. The minimum absolute atomic E-state index is 0.0809. The number of methoxy groups -OCH3 is 1. The standard InChI is InChI=1S/C26H36O11/c1-17(14-34-24(32)33-6)37-21(28)12-19-9-7-8-18(10-19)11-20(27)35-15-26(5,23(30)31)16-36-22(29)13-25(2,3)4/h7-10,17H,11-16H2,1-6H3,(H,30,31). The number of carbonyl (C=O) groups excluding carboxylic acids is 4. The molecule has 0 saturated heterocycles. The Hall–Kier alpha value is -3.63. The van der Waals surface area contributed by atoms with Gasteiger partial charge in [-0.15, -0.1) is 0 Å². The fourth-order valence-electron chi connectivity index (χ4n) is 2.91. The summed E-state index contributed by atoms with van der Waals surface area (Å²) in [4.78, 5) is 59.2. The number of ether oxygens (including phenoxy) is 5. The van der Waals surface area contributed by atoms with Gasteiger partial charge < -0.3 is 28.8 Å². The molecule has 1 N–H and O–H groups in total. The molecule has 11 heteroatoms. The Balaban J connectivity index is 2.61. The van der Waals surface area contributed by atoms with Crippen LogP contribution < -0.4 is 0 Å². The Morgan fingerprint density at radius 3 is 1.92 bits per heavy atom. The molecule has 0 aliphatic rings. The van der Waals surface area contributed by atoms with Crippen LogP contribution in [0.4, 0.5) is 4.79 Å². The van der Waals surface area contributed by atoms with E-state index in [1.54, 1.807) is 31.2 Å². The van der Waals surface area contributed by atoms with E-state index in [0.717, 1.165) is 7.11 Å². The van der Waals surface area contributed by atoms with Gasteiger partial charge in [0, 0.05) is 0 Å². The van der Waals surface area contributed by atoms with E-state index < -0.39 is 54.8 Å². The van der Waals surface area contributed by atoms with Gasteiger partial charge in [0.05, 0.1) is 26.4 Å². The van der Waals surface area contributed by atoms with Gasteiger partial charge in [-0.1, -0.05) is 45.0 Å². The number of carboxylic acid groups (broad SMARTS) is 1. The zero-order valence-corrected chi connectivity index (χ0v) is 22.2. The lowest BCUT2D eigenvalue weighted by atomic mass is 9.91. The third-order valence-electron chi connectivity index (χ3n) is 4.92. The summed E-state index contributed by atoms with van der Waals surface area (Å²) in [6, 6.07) is 6.63. The minimum Gasteiger partial charge on any atom is -0.481 e. The van der Waals surface area contributed by atoms with Gasteiger partial charge in [-0.25, -0.2) is 4.79 Å². The van der Waals surface area contributed by atoms with Crippen LogP contribution in [0.3, 0.4) is 0 Å². The summed E-state index contributed by atoms with van der Waals surface area (Å²) in [5.41, 5.74) is -0.794. The van der Waals surface area contributed by atoms with Gasteiger partial charge in [-0.05, 0) is 30.4 Å². The largest absolute Gasteiger partial charge is 0.508 e. The number of hydrogen-bond acceptors (Lipinski definition) is 10. The number of hydrogen-bond donors (Lipinski definition) is 1. The van der Waals surface area contributed by atoms with E-state index in [9.17, 15) is 29.1 Å². The number of carboxylic acids is 1. The van der Waals surface area contributed by atoms with E-state index in [-0.39, 0.29) is 31.3 Å². The van der Waals surface area contributed by atoms with Crippen LogP contribution in [-0.2, 0) is 55.7 Å². The number of benzene rings is 1. The first-order chi connectivity index (χ1) is 17.1. The predicted molar refractivity (Wildman–Crippen MR) is 129 cm³/mol. The average molecular weight is 525 g/mol. The number of aliphatic carboxylic acids is 1. The predicted octanol–water partition coefficient (Wildman–Crippen LogP) is 3.10. The van der Waals surface area contributed by atoms with Crippen molar-refractivity contribution in [1.82, 2.24) is 0 Å². The van der Waals surface area contributed by atoms with Gasteiger partial charge in [0.15, 0.2) is 0 Å². The first-order valence-electron chi connectivity index (χ1n) is 11.7. The van der Waals surface area contributed by atoms with Crippen molar-refractivity contribution in [2.45, 2.75) is 60.0 Å². The second-order valence-electron chi connectivity index (χ2n) is 10.2. The van der Waals surface area contributed by atoms with E-state index in [4.69, 9.17) is 18.9 Å². The lowest BCUT2D eigenvalue weighted by Gasteiger charge is -2.25. The highest BCUT2D eigenvalue weighted by Gasteiger charge is 2.37. The number of rotatable bonds is 13. The highest BCUT2D eigenvalue weighted by atomic mass is 16.7. The summed E-state index contributed by atoms with van der Waals surface area (Å²) in [5, 5.41) is 9.58. The van der Waals surface area contributed by atoms with Crippen LogP contribution in [0.15, 0.2) is 24.3 Å². The molecule has 0 aliphatic carbocycles. The van der Waals surface area contributed by atoms with Crippen LogP contribution in [0.5, 0.6) is 0 Å². The quantitative estimate of drug-likeness (QED) is 0.299. The van der Waals surface area contributed by atoms with Crippen LogP contribution in [-0.4, -0.2) is 68.2 Å². The molecule has 0 fully saturated rings. The average Bonchev–Trinajstić information content (AvgIpc) is 2.78. The maximum Gasteiger partial charge on any atom is 0.508 e. The number of esters is 3. The third kappa shape index (κ3) is 12.8. The summed E-state index contributed by atoms with van der Waals surface area (Å²) in [5.74, 6) is -3.04. The minimum atomic E-state index is -1.61. The molecule has 0 spiro atoms. The lowest BCUT2D eigenvalue weighted by Crippen LogP contribution is -2.39. The Labute approximate surface area is 216 Å². The van der Waals surface area contributed by atoms with Crippen LogP contribution >= 0.6 is 0 Å². The fourth-order valence-corrected chi connectivity index (χ4v) is 2.91. The zero-order valence-electron chi connectivity index (χ0n) is 22.2. The monoisotopic (exact) mass is 524 g/mol. The molecule has 0 heterocycles. The van der Waals surface area contributed by atoms with E-state index in [1.165, 1.54) is 6.92 Å². The maximum absolute atomic E-state index is 12.4. The molecule has 2 atom stereocenters. The van der Waals surface area contributed by atoms with Crippen LogP contribution in [0.25, 0.3) is 0 Å². The Morgan fingerprint density at radius 1 is 0.865 bits per heavy atom. The Kier molecular flexibility index (Phi) is 12.0. The van der Waals surface area contributed by atoms with Crippen molar-refractivity contribution in [3.8, 4) is 0 Å². The van der Waals surface area contributed by atoms with E-state index >= 15 is 0 Å². The van der Waals surface area contributed by atoms with Crippen LogP contribution in [0, 0.1) is 10.8 Å². The van der Waals surface area contributed by atoms with Crippen molar-refractivity contribution < 1.29 is 52.8 Å². The molecular weight excluding hydrogens is 488 g/mol. The van der Waals surface area contributed by atoms with Gasteiger partial charge in [0.1, 0.15) is 31.3 Å². The van der Waals surface area contributed by atoms with E-state index in [0.29, 0.717) is 11.1 Å². The molecule has 0 saturated carbocycles. The molecule has 0 amide bonds. The van der Waals surface area contributed by atoms with Gasteiger partial charge in [-0.2, -0.15) is 0 Å². The molecular formula is C26H36O11. The SMILES string of the molecule is COC(=O)OCC(C)OC(=O)Cc1cccc(CC(=O)OCC(C)(COC(=O)CC(C)(C)C)C(=O)O)c1. The van der Waals surface area contributed by atoms with Crippen molar-refractivity contribution in [3.05, 3.63) is 35.4 Å². The first-order valence-corrected chi connectivity index (χ1v) is 11.7. The van der Waals surface area contributed by atoms with Crippen molar-refractivity contribution >= 4 is 30.0 Å².